The van der Waals surface area contributed by atoms with E-state index in [0.29, 0.717) is 11.8 Å². The lowest BCUT2D eigenvalue weighted by molar-refractivity contribution is -0.129. The van der Waals surface area contributed by atoms with Crippen LogP contribution in [-0.2, 0) is 4.79 Å². The first-order valence-electron chi connectivity index (χ1n) is 5.21. The number of amides is 1. The molecular weight excluding hydrogens is 174 g/mol. The Hall–Kier alpha value is -1.31. The summed E-state index contributed by atoms with van der Waals surface area (Å²) in [6.07, 6.45) is 2.25. The van der Waals surface area contributed by atoms with Crippen molar-refractivity contribution in [3.05, 3.63) is 30.3 Å². The van der Waals surface area contributed by atoms with E-state index in [2.05, 4.69) is 0 Å². The van der Waals surface area contributed by atoms with Gasteiger partial charge in [-0.3, -0.25) is 4.79 Å². The number of hydrogen-bond donors (Lipinski definition) is 0. The third-order valence-electron chi connectivity index (χ3n) is 3.36. The van der Waals surface area contributed by atoms with Crippen LogP contribution in [0, 0.1) is 11.8 Å². The number of para-hydroxylation sites is 1. The molecule has 0 aromatic heterocycles. The summed E-state index contributed by atoms with van der Waals surface area (Å²) in [5.41, 5.74) is 1.06. The number of nitrogens with zero attached hydrogens (tertiary/aromatic N) is 1. The van der Waals surface area contributed by atoms with Crippen LogP contribution in [0.5, 0.6) is 0 Å². The number of carbonyl (C=O) groups excluding carboxylic acids is 1. The molecule has 2 aliphatic heterocycles. The fraction of sp³-hybridized carbons (Fsp3) is 0.417. The van der Waals surface area contributed by atoms with Crippen LogP contribution in [0.4, 0.5) is 5.69 Å². The fourth-order valence-electron chi connectivity index (χ4n) is 2.50. The monoisotopic (exact) mass is 187 g/mol. The number of anilines is 1. The number of piperidine rings is 2. The predicted octanol–water partition coefficient (Wildman–Crippen LogP) is 2.06. The van der Waals surface area contributed by atoms with E-state index in [-0.39, 0.29) is 0 Å². The molecule has 14 heavy (non-hydrogen) atoms. The van der Waals surface area contributed by atoms with E-state index < -0.39 is 0 Å². The van der Waals surface area contributed by atoms with Gasteiger partial charge in [0.05, 0.1) is 0 Å². The van der Waals surface area contributed by atoms with Crippen molar-refractivity contribution < 1.29 is 4.79 Å². The van der Waals surface area contributed by atoms with Crippen molar-refractivity contribution in [2.45, 2.75) is 12.8 Å². The minimum absolute atomic E-state index is 0.328. The summed E-state index contributed by atoms with van der Waals surface area (Å²) in [6, 6.07) is 10.00. The highest BCUT2D eigenvalue weighted by atomic mass is 16.2. The van der Waals surface area contributed by atoms with E-state index in [0.717, 1.165) is 31.0 Å². The maximum Gasteiger partial charge on any atom is 0.230 e. The quantitative estimate of drug-likeness (QED) is 0.659. The molecule has 3 aliphatic rings. The van der Waals surface area contributed by atoms with Gasteiger partial charge < -0.3 is 4.90 Å². The highest BCUT2D eigenvalue weighted by Gasteiger charge is 2.43. The average molecular weight is 187 g/mol. The number of carbonyl (C=O) groups is 1. The molecule has 0 radical (unpaired) electrons. The van der Waals surface area contributed by atoms with E-state index in [1.54, 1.807) is 0 Å². The smallest absolute Gasteiger partial charge is 0.230 e. The van der Waals surface area contributed by atoms with Gasteiger partial charge in [0, 0.05) is 18.2 Å². The van der Waals surface area contributed by atoms with Crippen molar-refractivity contribution in [2.24, 2.45) is 11.8 Å². The van der Waals surface area contributed by atoms with Crippen molar-refractivity contribution in [2.75, 3.05) is 11.4 Å². The zero-order valence-electron chi connectivity index (χ0n) is 8.02. The van der Waals surface area contributed by atoms with E-state index in [9.17, 15) is 4.79 Å². The third-order valence-corrected chi connectivity index (χ3v) is 3.36. The second kappa shape index (κ2) is 2.84. The average Bonchev–Trinajstić information content (AvgIpc) is 2.17. The Balaban J connectivity index is 1.89. The molecule has 1 aliphatic carbocycles. The number of rotatable bonds is 1. The second-order valence-corrected chi connectivity index (χ2v) is 4.32. The molecule has 0 unspecified atom stereocenters. The summed E-state index contributed by atoms with van der Waals surface area (Å²) in [5, 5.41) is 0. The van der Waals surface area contributed by atoms with Gasteiger partial charge in [0.15, 0.2) is 0 Å². The van der Waals surface area contributed by atoms with Crippen LogP contribution in [0.15, 0.2) is 30.3 Å². The van der Waals surface area contributed by atoms with Crippen LogP contribution in [0.2, 0.25) is 0 Å². The molecule has 0 N–H and O–H groups in total. The van der Waals surface area contributed by atoms with Gasteiger partial charge in [-0.05, 0) is 30.9 Å². The standard InChI is InChI=1S/C12H13NO/c14-12-10-6-9(7-10)8-13(12)11-4-2-1-3-5-11/h1-5,9-10H,6-8H2. The zero-order chi connectivity index (χ0) is 9.54. The van der Waals surface area contributed by atoms with Crippen LogP contribution < -0.4 is 4.90 Å². The zero-order valence-corrected chi connectivity index (χ0v) is 8.02. The van der Waals surface area contributed by atoms with Gasteiger partial charge in [-0.15, -0.1) is 0 Å². The fourth-order valence-corrected chi connectivity index (χ4v) is 2.50. The number of benzene rings is 1. The molecule has 1 aromatic carbocycles. The SMILES string of the molecule is O=C1C2CC(C2)CN1c1ccccc1. The van der Waals surface area contributed by atoms with Crippen molar-refractivity contribution in [3.63, 3.8) is 0 Å². The molecule has 0 spiro atoms. The first-order chi connectivity index (χ1) is 6.84. The molecule has 1 saturated carbocycles. The van der Waals surface area contributed by atoms with Crippen LogP contribution >= 0.6 is 0 Å². The van der Waals surface area contributed by atoms with Crippen molar-refractivity contribution in [1.29, 1.82) is 0 Å². The third kappa shape index (κ3) is 1.07. The highest BCUT2D eigenvalue weighted by molar-refractivity contribution is 5.97. The van der Waals surface area contributed by atoms with E-state index >= 15 is 0 Å². The summed E-state index contributed by atoms with van der Waals surface area (Å²) in [7, 11) is 0. The predicted molar refractivity (Wildman–Crippen MR) is 55.0 cm³/mol. The van der Waals surface area contributed by atoms with Gasteiger partial charge in [0.25, 0.3) is 0 Å². The van der Waals surface area contributed by atoms with E-state index in [4.69, 9.17) is 0 Å². The Labute approximate surface area is 83.5 Å². The minimum Gasteiger partial charge on any atom is -0.312 e. The lowest BCUT2D eigenvalue weighted by Crippen LogP contribution is -2.53. The molecule has 2 saturated heterocycles. The maximum absolute atomic E-state index is 11.9. The summed E-state index contributed by atoms with van der Waals surface area (Å²) in [6.45, 7) is 0.930. The molecule has 2 heterocycles. The molecule has 4 rings (SSSR count). The molecule has 2 bridgehead atoms. The van der Waals surface area contributed by atoms with Gasteiger partial charge in [0.1, 0.15) is 0 Å². The second-order valence-electron chi connectivity index (χ2n) is 4.32. The van der Waals surface area contributed by atoms with Crippen molar-refractivity contribution >= 4 is 11.6 Å². The van der Waals surface area contributed by atoms with Crippen LogP contribution in [0.25, 0.3) is 0 Å². The number of hydrogen-bond acceptors (Lipinski definition) is 1. The Morgan fingerprint density at radius 2 is 1.86 bits per heavy atom. The van der Waals surface area contributed by atoms with Crippen LogP contribution in [0.3, 0.4) is 0 Å². The summed E-state index contributed by atoms with van der Waals surface area (Å²) in [4.78, 5) is 13.8. The molecule has 72 valence electrons. The number of fused-ring (bicyclic) bond motifs is 2. The molecule has 3 fully saturated rings. The summed E-state index contributed by atoms with van der Waals surface area (Å²) >= 11 is 0. The highest BCUT2D eigenvalue weighted by Crippen LogP contribution is 2.41. The van der Waals surface area contributed by atoms with Gasteiger partial charge >= 0.3 is 0 Å². The lowest BCUT2D eigenvalue weighted by Gasteiger charge is -2.46. The van der Waals surface area contributed by atoms with E-state index in [1.165, 1.54) is 0 Å². The van der Waals surface area contributed by atoms with Crippen LogP contribution in [-0.4, -0.2) is 12.5 Å². The topological polar surface area (TPSA) is 20.3 Å². The van der Waals surface area contributed by atoms with Gasteiger partial charge in [-0.2, -0.15) is 0 Å². The minimum atomic E-state index is 0.328. The molecule has 1 aromatic rings. The van der Waals surface area contributed by atoms with Crippen molar-refractivity contribution in [1.82, 2.24) is 0 Å². The Bertz CT molecular complexity index is 354. The largest absolute Gasteiger partial charge is 0.312 e. The van der Waals surface area contributed by atoms with Crippen molar-refractivity contribution in [3.8, 4) is 0 Å². The summed E-state index contributed by atoms with van der Waals surface area (Å²) in [5.74, 6) is 1.42. The molecule has 2 nitrogen and oxygen atoms in total. The normalized spacial score (nSPS) is 30.0. The Morgan fingerprint density at radius 1 is 1.14 bits per heavy atom. The van der Waals surface area contributed by atoms with Crippen LogP contribution in [0.1, 0.15) is 12.8 Å². The lowest BCUT2D eigenvalue weighted by atomic mass is 9.70. The Morgan fingerprint density at radius 3 is 2.50 bits per heavy atom. The molecule has 2 heteroatoms. The molecule has 0 atom stereocenters. The first kappa shape index (κ1) is 8.04. The summed E-state index contributed by atoms with van der Waals surface area (Å²) < 4.78 is 0. The van der Waals surface area contributed by atoms with Gasteiger partial charge in [-0.25, -0.2) is 0 Å². The molecular formula is C12H13NO. The Kier molecular flexibility index (Phi) is 1.63. The van der Waals surface area contributed by atoms with Gasteiger partial charge in [-0.1, -0.05) is 18.2 Å². The van der Waals surface area contributed by atoms with Gasteiger partial charge in [0.2, 0.25) is 5.91 Å². The maximum atomic E-state index is 11.9. The van der Waals surface area contributed by atoms with E-state index in [1.807, 2.05) is 35.2 Å². The molecule has 1 amide bonds. The first-order valence-corrected chi connectivity index (χ1v) is 5.21.